The fraction of sp³-hybridized carbons (Fsp3) is 0.632. The van der Waals surface area contributed by atoms with Gasteiger partial charge in [-0.25, -0.2) is 0 Å². The monoisotopic (exact) mass is 380 g/mol. The van der Waals surface area contributed by atoms with E-state index in [4.69, 9.17) is 21.1 Å². The lowest BCUT2D eigenvalue weighted by Gasteiger charge is -2.31. The first-order valence-corrected chi connectivity index (χ1v) is 9.76. The van der Waals surface area contributed by atoms with Crippen LogP contribution in [0, 0.1) is 0 Å². The van der Waals surface area contributed by atoms with E-state index in [9.17, 15) is 9.90 Å². The van der Waals surface area contributed by atoms with Crippen molar-refractivity contribution in [3.8, 4) is 11.5 Å². The molecule has 7 heteroatoms. The van der Waals surface area contributed by atoms with Crippen LogP contribution in [-0.2, 0) is 11.3 Å². The van der Waals surface area contributed by atoms with Gasteiger partial charge in [0, 0.05) is 42.7 Å². The average molecular weight is 381 g/mol. The minimum atomic E-state index is 0.168. The molecule has 6 nitrogen and oxygen atoms in total. The molecule has 1 amide bonds. The van der Waals surface area contributed by atoms with E-state index in [2.05, 4.69) is 4.90 Å². The Hall–Kier alpha value is -1.50. The molecule has 0 radical (unpaired) electrons. The van der Waals surface area contributed by atoms with Gasteiger partial charge in [0.1, 0.15) is 0 Å². The SMILES string of the molecule is O=C1CCC(N2CCC[C@H]2CO)CCN1Cc1cc2c(cc1Cl)OCO2. The molecule has 1 aromatic carbocycles. The van der Waals surface area contributed by atoms with Gasteiger partial charge in [-0.3, -0.25) is 9.69 Å². The molecule has 1 unspecified atom stereocenters. The molecule has 26 heavy (non-hydrogen) atoms. The van der Waals surface area contributed by atoms with E-state index in [1.54, 1.807) is 6.07 Å². The highest BCUT2D eigenvalue weighted by Crippen LogP contribution is 2.37. The highest BCUT2D eigenvalue weighted by molar-refractivity contribution is 6.31. The van der Waals surface area contributed by atoms with E-state index < -0.39 is 0 Å². The summed E-state index contributed by atoms with van der Waals surface area (Å²) in [5.74, 6) is 1.51. The highest BCUT2D eigenvalue weighted by atomic mass is 35.5. The summed E-state index contributed by atoms with van der Waals surface area (Å²) in [5, 5.41) is 10.2. The number of ether oxygens (including phenoxy) is 2. The van der Waals surface area contributed by atoms with Gasteiger partial charge < -0.3 is 19.5 Å². The number of rotatable bonds is 4. The van der Waals surface area contributed by atoms with Crippen molar-refractivity contribution in [3.63, 3.8) is 0 Å². The summed E-state index contributed by atoms with van der Waals surface area (Å²) in [6, 6.07) is 4.27. The number of carbonyl (C=O) groups excluding carboxylic acids is 1. The highest BCUT2D eigenvalue weighted by Gasteiger charge is 2.33. The molecule has 3 aliphatic rings. The van der Waals surface area contributed by atoms with Crippen LogP contribution in [-0.4, -0.2) is 59.4 Å². The number of likely N-dealkylation sites (tertiary alicyclic amines) is 2. The first-order chi connectivity index (χ1) is 12.7. The van der Waals surface area contributed by atoms with Crippen molar-refractivity contribution in [3.05, 3.63) is 22.7 Å². The topological polar surface area (TPSA) is 62.2 Å². The van der Waals surface area contributed by atoms with E-state index >= 15 is 0 Å². The lowest BCUT2D eigenvalue weighted by atomic mass is 10.1. The number of hydrogen-bond donors (Lipinski definition) is 1. The standard InChI is InChI=1S/C19H25ClN2O4/c20-16-9-18-17(25-12-26-18)8-13(16)10-21-7-5-14(3-4-19(21)24)22-6-1-2-15(22)11-23/h8-9,14-15,23H,1-7,10-12H2/t14?,15-/m0/s1. The molecule has 2 atom stereocenters. The third-order valence-electron chi connectivity index (χ3n) is 5.78. The van der Waals surface area contributed by atoms with Crippen LogP contribution >= 0.6 is 11.6 Å². The number of hydrogen-bond acceptors (Lipinski definition) is 5. The fourth-order valence-corrected chi connectivity index (χ4v) is 4.56. The zero-order chi connectivity index (χ0) is 18.1. The molecule has 3 heterocycles. The summed E-state index contributed by atoms with van der Waals surface area (Å²) < 4.78 is 10.8. The minimum Gasteiger partial charge on any atom is -0.454 e. The van der Waals surface area contributed by atoms with E-state index in [1.807, 2.05) is 11.0 Å². The van der Waals surface area contributed by atoms with E-state index in [-0.39, 0.29) is 25.3 Å². The van der Waals surface area contributed by atoms with Crippen LogP contribution in [0.25, 0.3) is 0 Å². The molecule has 2 saturated heterocycles. The zero-order valence-corrected chi connectivity index (χ0v) is 15.6. The van der Waals surface area contributed by atoms with Crippen molar-refractivity contribution in [2.45, 2.75) is 50.7 Å². The van der Waals surface area contributed by atoms with Crippen molar-refractivity contribution in [1.82, 2.24) is 9.80 Å². The smallest absolute Gasteiger partial charge is 0.231 e. The number of aliphatic hydroxyl groups excluding tert-OH is 1. The number of nitrogens with zero attached hydrogens (tertiary/aromatic N) is 2. The Morgan fingerprint density at radius 3 is 2.77 bits per heavy atom. The third-order valence-corrected chi connectivity index (χ3v) is 6.13. The summed E-state index contributed by atoms with van der Waals surface area (Å²) in [6.45, 7) is 2.65. The van der Waals surface area contributed by atoms with Crippen LogP contribution in [0.5, 0.6) is 11.5 Å². The number of aliphatic hydroxyl groups is 1. The first kappa shape index (κ1) is 17.9. The van der Waals surface area contributed by atoms with E-state index in [0.29, 0.717) is 42.1 Å². The molecule has 3 aliphatic heterocycles. The van der Waals surface area contributed by atoms with E-state index in [1.165, 1.54) is 0 Å². The maximum absolute atomic E-state index is 12.6. The Balaban J connectivity index is 1.44. The molecule has 0 spiro atoms. The lowest BCUT2D eigenvalue weighted by Crippen LogP contribution is -2.41. The average Bonchev–Trinajstić information content (AvgIpc) is 3.25. The van der Waals surface area contributed by atoms with Crippen LogP contribution in [0.3, 0.4) is 0 Å². The molecular formula is C19H25ClN2O4. The van der Waals surface area contributed by atoms with Crippen molar-refractivity contribution in [1.29, 1.82) is 0 Å². The van der Waals surface area contributed by atoms with Gasteiger partial charge in [-0.15, -0.1) is 0 Å². The second kappa shape index (κ2) is 7.62. The molecule has 0 aromatic heterocycles. The molecule has 142 valence electrons. The number of fused-ring (bicyclic) bond motifs is 1. The lowest BCUT2D eigenvalue weighted by molar-refractivity contribution is -0.131. The van der Waals surface area contributed by atoms with Crippen LogP contribution in [0.2, 0.25) is 5.02 Å². The summed E-state index contributed by atoms with van der Waals surface area (Å²) in [4.78, 5) is 16.9. The summed E-state index contributed by atoms with van der Waals surface area (Å²) in [7, 11) is 0. The quantitative estimate of drug-likeness (QED) is 0.869. The Kier molecular flexibility index (Phi) is 5.25. The number of carbonyl (C=O) groups is 1. The van der Waals surface area contributed by atoms with Gasteiger partial charge in [-0.05, 0) is 43.9 Å². The number of amides is 1. The summed E-state index contributed by atoms with van der Waals surface area (Å²) in [6.07, 6.45) is 4.52. The minimum absolute atomic E-state index is 0.168. The van der Waals surface area contributed by atoms with Gasteiger partial charge in [0.2, 0.25) is 12.7 Å². The molecule has 1 N–H and O–H groups in total. The van der Waals surface area contributed by atoms with Gasteiger partial charge in [0.05, 0.1) is 6.61 Å². The van der Waals surface area contributed by atoms with Gasteiger partial charge in [0.15, 0.2) is 11.5 Å². The molecule has 4 rings (SSSR count). The second-order valence-corrected chi connectivity index (χ2v) is 7.72. The Labute approximate surface area is 158 Å². The van der Waals surface area contributed by atoms with Gasteiger partial charge in [-0.2, -0.15) is 0 Å². The summed E-state index contributed by atoms with van der Waals surface area (Å²) in [5.41, 5.74) is 0.886. The molecule has 0 saturated carbocycles. The van der Waals surface area contributed by atoms with Crippen molar-refractivity contribution >= 4 is 17.5 Å². The van der Waals surface area contributed by atoms with E-state index in [0.717, 1.165) is 37.8 Å². The molecule has 0 aliphatic carbocycles. The van der Waals surface area contributed by atoms with Crippen LogP contribution < -0.4 is 9.47 Å². The normalized spacial score (nSPS) is 26.4. The van der Waals surface area contributed by atoms with Gasteiger partial charge in [-0.1, -0.05) is 11.6 Å². The Morgan fingerprint density at radius 1 is 1.15 bits per heavy atom. The van der Waals surface area contributed by atoms with Crippen molar-refractivity contribution in [2.24, 2.45) is 0 Å². The predicted molar refractivity (Wildman–Crippen MR) is 97.4 cm³/mol. The largest absolute Gasteiger partial charge is 0.454 e. The van der Waals surface area contributed by atoms with Crippen LogP contribution in [0.4, 0.5) is 0 Å². The molecular weight excluding hydrogens is 356 g/mol. The maximum Gasteiger partial charge on any atom is 0.231 e. The van der Waals surface area contributed by atoms with Gasteiger partial charge >= 0.3 is 0 Å². The van der Waals surface area contributed by atoms with Gasteiger partial charge in [0.25, 0.3) is 0 Å². The Morgan fingerprint density at radius 2 is 1.96 bits per heavy atom. The predicted octanol–water partition coefficient (Wildman–Crippen LogP) is 2.41. The molecule has 0 bridgehead atoms. The van der Waals surface area contributed by atoms with Crippen molar-refractivity contribution < 1.29 is 19.4 Å². The van der Waals surface area contributed by atoms with Crippen LogP contribution in [0.1, 0.15) is 37.7 Å². The molecule has 2 fully saturated rings. The first-order valence-electron chi connectivity index (χ1n) is 9.38. The number of benzene rings is 1. The van der Waals surface area contributed by atoms with Crippen molar-refractivity contribution in [2.75, 3.05) is 26.5 Å². The fourth-order valence-electron chi connectivity index (χ4n) is 4.34. The number of halogens is 1. The summed E-state index contributed by atoms with van der Waals surface area (Å²) >= 11 is 6.38. The molecule has 1 aromatic rings. The third kappa shape index (κ3) is 3.50. The zero-order valence-electron chi connectivity index (χ0n) is 14.8. The van der Waals surface area contributed by atoms with Crippen LogP contribution in [0.15, 0.2) is 12.1 Å². The maximum atomic E-state index is 12.6. The second-order valence-electron chi connectivity index (χ2n) is 7.31. The Bertz CT molecular complexity index is 684.